The molecule has 0 heterocycles. The largest absolute Gasteiger partial charge is 0.254 e. The molecule has 0 rings (SSSR count). The van der Waals surface area contributed by atoms with E-state index in [0.717, 1.165) is 13.1 Å². The summed E-state index contributed by atoms with van der Waals surface area (Å²) in [5.74, 6) is 0. The van der Waals surface area contributed by atoms with Gasteiger partial charge in [-0.1, -0.05) is 38.8 Å². The van der Waals surface area contributed by atoms with E-state index >= 15 is 0 Å². The molecule has 0 aliphatic carbocycles. The number of quaternary nitrogens is 1. The van der Waals surface area contributed by atoms with Crippen molar-refractivity contribution in [3.63, 3.8) is 0 Å². The van der Waals surface area contributed by atoms with Crippen LogP contribution >= 0.6 is 0 Å². The zero-order valence-corrected chi connectivity index (χ0v) is 12.6. The van der Waals surface area contributed by atoms with Crippen LogP contribution in [-0.4, -0.2) is 31.2 Å². The van der Waals surface area contributed by atoms with Gasteiger partial charge in [0.15, 0.2) is 0 Å². The van der Waals surface area contributed by atoms with Gasteiger partial charge in [-0.05, 0) is 25.7 Å². The first-order valence-corrected chi connectivity index (χ1v) is 7.61. The van der Waals surface area contributed by atoms with Gasteiger partial charge in [-0.3, -0.25) is 5.01 Å². The highest BCUT2D eigenvalue weighted by Crippen LogP contribution is 1.93. The second-order valence-corrected chi connectivity index (χ2v) is 4.96. The van der Waals surface area contributed by atoms with Crippen LogP contribution in [0, 0.1) is 0 Å². The van der Waals surface area contributed by atoms with Gasteiger partial charge in [-0.2, -0.15) is 0 Å². The fraction of sp³-hybridized carbons (Fsp3) is 0.750. The van der Waals surface area contributed by atoms with Gasteiger partial charge < -0.3 is 0 Å². The molecule has 0 spiro atoms. The molecule has 0 radical (unpaired) electrons. The molecule has 18 heavy (non-hydrogen) atoms. The Morgan fingerprint density at radius 2 is 1.28 bits per heavy atom. The summed E-state index contributed by atoms with van der Waals surface area (Å²) in [7, 11) is 0. The van der Waals surface area contributed by atoms with Crippen LogP contribution in [0.25, 0.3) is 0 Å². The average Bonchev–Trinajstić information content (AvgIpc) is 2.37. The summed E-state index contributed by atoms with van der Waals surface area (Å²) < 4.78 is 0. The van der Waals surface area contributed by atoms with Gasteiger partial charge in [-0.15, -0.1) is 18.2 Å². The quantitative estimate of drug-likeness (QED) is 0.301. The molecule has 2 heteroatoms. The maximum Gasteiger partial charge on any atom is 0.0947 e. The predicted molar refractivity (Wildman–Crippen MR) is 81.7 cm³/mol. The second-order valence-electron chi connectivity index (χ2n) is 4.96. The van der Waals surface area contributed by atoms with Crippen LogP contribution in [0.2, 0.25) is 0 Å². The van der Waals surface area contributed by atoms with Crippen molar-refractivity contribution < 1.29 is 5.01 Å². The Kier molecular flexibility index (Phi) is 12.4. The molecule has 0 fully saturated rings. The van der Waals surface area contributed by atoms with E-state index in [-0.39, 0.29) is 0 Å². The molecule has 0 saturated carbocycles. The fourth-order valence-corrected chi connectivity index (χ4v) is 2.24. The molecule has 2 nitrogen and oxygen atoms in total. The van der Waals surface area contributed by atoms with Gasteiger partial charge in [-0.25, -0.2) is 0 Å². The van der Waals surface area contributed by atoms with Gasteiger partial charge in [0.2, 0.25) is 0 Å². The Morgan fingerprint density at radius 3 is 1.61 bits per heavy atom. The first-order chi connectivity index (χ1) is 8.79. The van der Waals surface area contributed by atoms with Gasteiger partial charge in [0.1, 0.15) is 0 Å². The minimum Gasteiger partial charge on any atom is -0.254 e. The molecule has 0 aromatic carbocycles. The Labute approximate surface area is 114 Å². The van der Waals surface area contributed by atoms with Crippen LogP contribution in [-0.2, 0) is 0 Å². The van der Waals surface area contributed by atoms with Crippen molar-refractivity contribution in [2.75, 3.05) is 26.2 Å². The van der Waals surface area contributed by atoms with Crippen LogP contribution in [0.5, 0.6) is 0 Å². The summed E-state index contributed by atoms with van der Waals surface area (Å²) in [4.78, 5) is 0. The summed E-state index contributed by atoms with van der Waals surface area (Å²) in [6, 6.07) is 0. The summed E-state index contributed by atoms with van der Waals surface area (Å²) >= 11 is 0. The van der Waals surface area contributed by atoms with E-state index in [4.69, 9.17) is 0 Å². The SMILES string of the molecule is C=CCN(CC=C)[NH+](CCCCC)CCCCC. The van der Waals surface area contributed by atoms with Gasteiger partial charge >= 0.3 is 0 Å². The molecule has 0 saturated heterocycles. The van der Waals surface area contributed by atoms with E-state index in [9.17, 15) is 0 Å². The molecule has 1 N–H and O–H groups in total. The summed E-state index contributed by atoms with van der Waals surface area (Å²) in [6.45, 7) is 16.7. The smallest absolute Gasteiger partial charge is 0.0947 e. The van der Waals surface area contributed by atoms with E-state index in [1.807, 2.05) is 12.2 Å². The minimum atomic E-state index is 0.958. The first kappa shape index (κ1) is 17.4. The van der Waals surface area contributed by atoms with Gasteiger partial charge in [0.25, 0.3) is 0 Å². The molecule has 0 aliphatic rings. The third-order valence-electron chi connectivity index (χ3n) is 3.28. The summed E-state index contributed by atoms with van der Waals surface area (Å²) in [6.07, 6.45) is 11.9. The normalized spacial score (nSPS) is 11.1. The van der Waals surface area contributed by atoms with E-state index in [1.54, 1.807) is 5.01 Å². The number of nitrogens with zero attached hydrogens (tertiary/aromatic N) is 1. The molecule has 0 bridgehead atoms. The zero-order chi connectivity index (χ0) is 13.6. The zero-order valence-electron chi connectivity index (χ0n) is 12.6. The lowest BCUT2D eigenvalue weighted by molar-refractivity contribution is -1.01. The van der Waals surface area contributed by atoms with Crippen molar-refractivity contribution >= 4 is 0 Å². The van der Waals surface area contributed by atoms with Crippen LogP contribution in [0.15, 0.2) is 25.3 Å². The second kappa shape index (κ2) is 12.8. The number of nitrogens with one attached hydrogen (secondary N) is 1. The van der Waals surface area contributed by atoms with Crippen LogP contribution in [0.3, 0.4) is 0 Å². The Balaban J connectivity index is 4.26. The Hall–Kier alpha value is -0.600. The molecule has 0 amide bonds. The van der Waals surface area contributed by atoms with Gasteiger partial charge in [0, 0.05) is 0 Å². The summed E-state index contributed by atoms with van der Waals surface area (Å²) in [5.41, 5.74) is 0. The summed E-state index contributed by atoms with van der Waals surface area (Å²) in [5, 5.41) is 4.06. The Bertz CT molecular complexity index is 181. The molecule has 0 unspecified atom stereocenters. The van der Waals surface area contributed by atoms with E-state index in [0.29, 0.717) is 0 Å². The van der Waals surface area contributed by atoms with Crippen molar-refractivity contribution in [3.8, 4) is 0 Å². The molecule has 0 aliphatic heterocycles. The van der Waals surface area contributed by atoms with Crippen LogP contribution in [0.1, 0.15) is 52.4 Å². The van der Waals surface area contributed by atoms with Gasteiger partial charge in [0.05, 0.1) is 26.2 Å². The highest BCUT2D eigenvalue weighted by atomic mass is 15.6. The molecule has 106 valence electrons. The average molecular weight is 253 g/mol. The van der Waals surface area contributed by atoms with E-state index < -0.39 is 0 Å². The fourth-order valence-electron chi connectivity index (χ4n) is 2.24. The molecule has 0 atom stereocenters. The lowest BCUT2D eigenvalue weighted by atomic mass is 10.2. The lowest BCUT2D eigenvalue weighted by Gasteiger charge is -2.29. The minimum absolute atomic E-state index is 0.958. The van der Waals surface area contributed by atoms with Crippen LogP contribution < -0.4 is 5.01 Å². The standard InChI is InChI=1S/C16H32N2/c1-5-9-11-15-18(16-12-10-6-2)17(13-7-3)14-8-4/h7-8H,3-6,9-16H2,1-2H3/p+1. The number of hydrogen-bond acceptors (Lipinski definition) is 1. The molecule has 0 aromatic heterocycles. The van der Waals surface area contributed by atoms with E-state index in [1.165, 1.54) is 51.6 Å². The highest BCUT2D eigenvalue weighted by Gasteiger charge is 2.16. The van der Waals surface area contributed by atoms with Crippen molar-refractivity contribution in [3.05, 3.63) is 25.3 Å². The third kappa shape index (κ3) is 8.48. The highest BCUT2D eigenvalue weighted by molar-refractivity contribution is 4.75. The maximum atomic E-state index is 3.87. The molecular weight excluding hydrogens is 220 g/mol. The topological polar surface area (TPSA) is 7.68 Å². The van der Waals surface area contributed by atoms with Crippen molar-refractivity contribution in [2.24, 2.45) is 0 Å². The van der Waals surface area contributed by atoms with E-state index in [2.05, 4.69) is 32.0 Å². The number of rotatable bonds is 13. The molecule has 0 aromatic rings. The Morgan fingerprint density at radius 1 is 0.833 bits per heavy atom. The third-order valence-corrected chi connectivity index (χ3v) is 3.28. The number of unbranched alkanes of at least 4 members (excludes halogenated alkanes) is 4. The maximum absolute atomic E-state index is 3.87. The first-order valence-electron chi connectivity index (χ1n) is 7.61. The van der Waals surface area contributed by atoms with Crippen molar-refractivity contribution in [1.82, 2.24) is 5.01 Å². The van der Waals surface area contributed by atoms with Crippen molar-refractivity contribution in [2.45, 2.75) is 52.4 Å². The predicted octanol–water partition coefficient (Wildman–Crippen LogP) is 2.84. The molecular formula is C16H33N2+. The van der Waals surface area contributed by atoms with Crippen molar-refractivity contribution in [1.29, 1.82) is 0 Å². The monoisotopic (exact) mass is 253 g/mol. The number of hydrogen-bond donors (Lipinski definition) is 1. The lowest BCUT2D eigenvalue weighted by Crippen LogP contribution is -3.18. The van der Waals surface area contributed by atoms with Crippen LogP contribution in [0.4, 0.5) is 0 Å².